The van der Waals surface area contributed by atoms with Crippen LogP contribution in [0.1, 0.15) is 82.3 Å². The van der Waals surface area contributed by atoms with E-state index in [9.17, 15) is 9.59 Å². The standard InChI is InChI=1S/C23H35N5O3/c1-16(2)20(29)27-18-9-5-4-8-17(18)23(10-6-3-7-11-23)28-22(27)24-19(25-28)21(30)26-12-14-31-15-13-26/h16-18H,3-15H2,1-2H3/t17-,18+/m1/s1. The number of aromatic nitrogens is 3. The molecule has 0 aromatic carbocycles. The molecule has 1 saturated heterocycles. The van der Waals surface area contributed by atoms with Gasteiger partial charge in [0.15, 0.2) is 0 Å². The van der Waals surface area contributed by atoms with E-state index < -0.39 is 0 Å². The van der Waals surface area contributed by atoms with Crippen LogP contribution in [0.2, 0.25) is 0 Å². The fourth-order valence-electron chi connectivity index (χ4n) is 6.40. The molecule has 3 heterocycles. The van der Waals surface area contributed by atoms with Crippen molar-refractivity contribution in [3.63, 3.8) is 0 Å². The first-order valence-electron chi connectivity index (χ1n) is 12.2. The molecule has 1 aromatic rings. The predicted octanol–water partition coefficient (Wildman–Crippen LogP) is 2.97. The summed E-state index contributed by atoms with van der Waals surface area (Å²) in [5.41, 5.74) is -0.108. The number of carbonyl (C=O) groups is 2. The molecule has 8 heteroatoms. The van der Waals surface area contributed by atoms with Crippen LogP contribution in [0.25, 0.3) is 0 Å². The van der Waals surface area contributed by atoms with Crippen molar-refractivity contribution >= 4 is 17.8 Å². The second kappa shape index (κ2) is 8.19. The zero-order chi connectivity index (χ0) is 21.6. The highest BCUT2D eigenvalue weighted by Crippen LogP contribution is 2.52. The lowest BCUT2D eigenvalue weighted by Crippen LogP contribution is -2.62. The van der Waals surface area contributed by atoms with E-state index in [0.29, 0.717) is 38.2 Å². The molecule has 2 amide bonds. The number of amides is 2. The first-order valence-corrected chi connectivity index (χ1v) is 12.2. The molecule has 2 atom stereocenters. The Kier molecular flexibility index (Phi) is 5.52. The molecule has 1 spiro atoms. The average Bonchev–Trinajstić information content (AvgIpc) is 3.26. The van der Waals surface area contributed by atoms with E-state index in [2.05, 4.69) is 0 Å². The van der Waals surface area contributed by atoms with Gasteiger partial charge in [-0.3, -0.25) is 14.5 Å². The maximum Gasteiger partial charge on any atom is 0.293 e. The van der Waals surface area contributed by atoms with Crippen molar-refractivity contribution in [2.45, 2.75) is 83.2 Å². The van der Waals surface area contributed by atoms with Gasteiger partial charge in [-0.2, -0.15) is 4.98 Å². The SMILES string of the molecule is CC(C)C(=O)N1c2nc(C(=O)N3CCOCC3)nn2C2(CCCCC2)[C@@H]2CCCC[C@@H]21. The molecule has 2 aliphatic heterocycles. The van der Waals surface area contributed by atoms with E-state index in [0.717, 1.165) is 32.1 Å². The van der Waals surface area contributed by atoms with Crippen molar-refractivity contribution in [3.05, 3.63) is 5.82 Å². The second-order valence-electron chi connectivity index (χ2n) is 10.0. The Morgan fingerprint density at radius 3 is 2.45 bits per heavy atom. The third-order valence-corrected chi connectivity index (χ3v) is 7.92. The predicted molar refractivity (Wildman–Crippen MR) is 116 cm³/mol. The van der Waals surface area contributed by atoms with E-state index in [1.54, 1.807) is 4.90 Å². The van der Waals surface area contributed by atoms with Crippen molar-refractivity contribution in [3.8, 4) is 0 Å². The zero-order valence-electron chi connectivity index (χ0n) is 18.9. The van der Waals surface area contributed by atoms with E-state index in [4.69, 9.17) is 14.8 Å². The monoisotopic (exact) mass is 429 g/mol. The van der Waals surface area contributed by atoms with Gasteiger partial charge in [0, 0.05) is 31.0 Å². The molecule has 0 bridgehead atoms. The Labute approximate surface area is 184 Å². The van der Waals surface area contributed by atoms with Crippen LogP contribution in [0.3, 0.4) is 0 Å². The van der Waals surface area contributed by atoms with Crippen molar-refractivity contribution in [1.29, 1.82) is 0 Å². The van der Waals surface area contributed by atoms with Crippen LogP contribution in [0.5, 0.6) is 0 Å². The van der Waals surface area contributed by atoms with Gasteiger partial charge in [-0.1, -0.05) is 46.0 Å². The maximum absolute atomic E-state index is 13.4. The van der Waals surface area contributed by atoms with Gasteiger partial charge in [-0.05, 0) is 25.7 Å². The van der Waals surface area contributed by atoms with Crippen molar-refractivity contribution in [1.82, 2.24) is 19.7 Å². The topological polar surface area (TPSA) is 80.6 Å². The molecule has 170 valence electrons. The molecule has 1 aromatic heterocycles. The summed E-state index contributed by atoms with van der Waals surface area (Å²) in [6, 6.07) is 0.171. The lowest BCUT2D eigenvalue weighted by molar-refractivity contribution is -0.123. The molecule has 0 radical (unpaired) electrons. The third-order valence-electron chi connectivity index (χ3n) is 7.92. The lowest BCUT2D eigenvalue weighted by Gasteiger charge is -2.55. The fourth-order valence-corrected chi connectivity index (χ4v) is 6.40. The maximum atomic E-state index is 13.4. The van der Waals surface area contributed by atoms with Gasteiger partial charge in [0.1, 0.15) is 0 Å². The Morgan fingerprint density at radius 1 is 1.03 bits per heavy atom. The largest absolute Gasteiger partial charge is 0.378 e. The number of anilines is 1. The quantitative estimate of drug-likeness (QED) is 0.722. The second-order valence-corrected chi connectivity index (χ2v) is 10.0. The number of hydrogen-bond acceptors (Lipinski definition) is 5. The van der Waals surface area contributed by atoms with Gasteiger partial charge in [0.25, 0.3) is 5.91 Å². The van der Waals surface area contributed by atoms with E-state index in [1.165, 1.54) is 25.7 Å². The van der Waals surface area contributed by atoms with E-state index in [-0.39, 0.29) is 35.1 Å². The van der Waals surface area contributed by atoms with Crippen LogP contribution in [0, 0.1) is 11.8 Å². The lowest BCUT2D eigenvalue weighted by atomic mass is 9.64. The first-order chi connectivity index (χ1) is 15.0. The van der Waals surface area contributed by atoms with E-state index in [1.807, 2.05) is 23.4 Å². The van der Waals surface area contributed by atoms with Crippen LogP contribution in [-0.2, 0) is 15.1 Å². The number of carbonyl (C=O) groups excluding carboxylic acids is 2. The van der Waals surface area contributed by atoms with Crippen LogP contribution in [0.15, 0.2) is 0 Å². The highest BCUT2D eigenvalue weighted by molar-refractivity contribution is 5.95. The zero-order valence-corrected chi connectivity index (χ0v) is 18.9. The summed E-state index contributed by atoms with van der Waals surface area (Å²) in [4.78, 5) is 35.1. The Bertz CT molecular complexity index is 838. The molecule has 5 rings (SSSR count). The molecular weight excluding hydrogens is 394 g/mol. The third kappa shape index (κ3) is 3.38. The molecule has 31 heavy (non-hydrogen) atoms. The van der Waals surface area contributed by atoms with Crippen molar-refractivity contribution in [2.75, 3.05) is 31.2 Å². The van der Waals surface area contributed by atoms with Gasteiger partial charge in [0.2, 0.25) is 17.7 Å². The summed E-state index contributed by atoms with van der Waals surface area (Å²) in [6.45, 7) is 6.12. The average molecular weight is 430 g/mol. The summed E-state index contributed by atoms with van der Waals surface area (Å²) in [5, 5.41) is 4.87. The number of nitrogens with zero attached hydrogens (tertiary/aromatic N) is 5. The number of rotatable bonds is 2. The molecule has 0 N–H and O–H groups in total. The van der Waals surface area contributed by atoms with Crippen LogP contribution >= 0.6 is 0 Å². The number of ether oxygens (including phenoxy) is 1. The van der Waals surface area contributed by atoms with Gasteiger partial charge in [-0.25, -0.2) is 4.68 Å². The van der Waals surface area contributed by atoms with E-state index >= 15 is 0 Å². The molecule has 2 aliphatic carbocycles. The van der Waals surface area contributed by atoms with Gasteiger partial charge < -0.3 is 9.64 Å². The van der Waals surface area contributed by atoms with Gasteiger partial charge in [-0.15, -0.1) is 5.10 Å². The first kappa shape index (κ1) is 20.9. The summed E-state index contributed by atoms with van der Waals surface area (Å²) in [6.07, 6.45) is 10.2. The fraction of sp³-hybridized carbons (Fsp3) is 0.826. The highest BCUT2D eigenvalue weighted by Gasteiger charge is 2.55. The van der Waals surface area contributed by atoms with Gasteiger partial charge >= 0.3 is 0 Å². The normalized spacial score (nSPS) is 27.8. The van der Waals surface area contributed by atoms with Crippen molar-refractivity contribution < 1.29 is 14.3 Å². The van der Waals surface area contributed by atoms with Crippen LogP contribution in [0.4, 0.5) is 5.95 Å². The minimum atomic E-state index is -0.143. The van der Waals surface area contributed by atoms with Gasteiger partial charge in [0.05, 0.1) is 18.8 Å². The number of morpholine rings is 1. The number of fused-ring (bicyclic) bond motifs is 4. The smallest absolute Gasteiger partial charge is 0.293 e. The Morgan fingerprint density at radius 2 is 1.74 bits per heavy atom. The van der Waals surface area contributed by atoms with Crippen LogP contribution < -0.4 is 4.90 Å². The Hall–Kier alpha value is -1.96. The minimum Gasteiger partial charge on any atom is -0.378 e. The minimum absolute atomic E-state index is 0.0987. The number of hydrogen-bond donors (Lipinski definition) is 0. The van der Waals surface area contributed by atoms with Crippen molar-refractivity contribution in [2.24, 2.45) is 11.8 Å². The highest BCUT2D eigenvalue weighted by atomic mass is 16.5. The molecule has 3 fully saturated rings. The molecular formula is C23H35N5O3. The summed E-state index contributed by atoms with van der Waals surface area (Å²) in [5.74, 6) is 1.08. The molecule has 2 saturated carbocycles. The molecule has 8 nitrogen and oxygen atoms in total. The molecule has 4 aliphatic rings. The summed E-state index contributed by atoms with van der Waals surface area (Å²) in [7, 11) is 0. The van der Waals surface area contributed by atoms with Crippen LogP contribution in [-0.4, -0.2) is 63.8 Å². The molecule has 0 unspecified atom stereocenters. The summed E-state index contributed by atoms with van der Waals surface area (Å²) >= 11 is 0. The Balaban J connectivity index is 1.62. The summed E-state index contributed by atoms with van der Waals surface area (Å²) < 4.78 is 7.44.